The van der Waals surface area contributed by atoms with E-state index in [-0.39, 0.29) is 5.82 Å². The fraction of sp³-hybridized carbons (Fsp3) is 0.533. The standard InChI is InChI=1S/C15H18ClFN2/c1-10-6-13-12(7-11(10)17)18-14(8-16)19(13)9-15(2)4-3-5-15/h6-7H,3-5,8-9H2,1-2H3. The van der Waals surface area contributed by atoms with E-state index in [4.69, 9.17) is 11.6 Å². The van der Waals surface area contributed by atoms with E-state index >= 15 is 0 Å². The highest BCUT2D eigenvalue weighted by atomic mass is 35.5. The molecule has 0 bridgehead atoms. The van der Waals surface area contributed by atoms with Crippen molar-refractivity contribution < 1.29 is 4.39 Å². The van der Waals surface area contributed by atoms with E-state index in [1.807, 2.05) is 6.07 Å². The van der Waals surface area contributed by atoms with E-state index in [1.165, 1.54) is 25.3 Å². The SMILES string of the molecule is Cc1cc2c(cc1F)nc(CCl)n2CC1(C)CCC1. The van der Waals surface area contributed by atoms with Crippen molar-refractivity contribution in [1.29, 1.82) is 0 Å². The fourth-order valence-electron chi connectivity index (χ4n) is 2.90. The number of halogens is 2. The molecule has 1 fully saturated rings. The summed E-state index contributed by atoms with van der Waals surface area (Å²) >= 11 is 6.00. The van der Waals surface area contributed by atoms with Gasteiger partial charge in [-0.2, -0.15) is 0 Å². The van der Waals surface area contributed by atoms with Crippen LogP contribution in [0.4, 0.5) is 4.39 Å². The number of imidazole rings is 1. The maximum absolute atomic E-state index is 13.6. The molecule has 102 valence electrons. The summed E-state index contributed by atoms with van der Waals surface area (Å²) in [5, 5.41) is 0. The fourth-order valence-corrected chi connectivity index (χ4v) is 3.10. The van der Waals surface area contributed by atoms with Crippen LogP contribution in [-0.2, 0) is 12.4 Å². The number of alkyl halides is 1. The lowest BCUT2D eigenvalue weighted by molar-refractivity contribution is 0.133. The Labute approximate surface area is 117 Å². The van der Waals surface area contributed by atoms with Crippen molar-refractivity contribution in [1.82, 2.24) is 9.55 Å². The van der Waals surface area contributed by atoms with Crippen LogP contribution in [0.15, 0.2) is 12.1 Å². The van der Waals surface area contributed by atoms with Crippen LogP contribution in [0.5, 0.6) is 0 Å². The highest BCUT2D eigenvalue weighted by molar-refractivity contribution is 6.16. The maximum Gasteiger partial charge on any atom is 0.128 e. The largest absolute Gasteiger partial charge is 0.326 e. The molecule has 1 aromatic heterocycles. The van der Waals surface area contributed by atoms with E-state index in [0.717, 1.165) is 17.9 Å². The van der Waals surface area contributed by atoms with Crippen LogP contribution in [0.2, 0.25) is 0 Å². The third kappa shape index (κ3) is 2.14. The molecule has 0 amide bonds. The Morgan fingerprint density at radius 2 is 2.16 bits per heavy atom. The highest BCUT2D eigenvalue weighted by Gasteiger charge is 2.33. The van der Waals surface area contributed by atoms with Gasteiger partial charge >= 0.3 is 0 Å². The molecule has 19 heavy (non-hydrogen) atoms. The van der Waals surface area contributed by atoms with Gasteiger partial charge in [-0.1, -0.05) is 13.3 Å². The summed E-state index contributed by atoms with van der Waals surface area (Å²) < 4.78 is 15.8. The van der Waals surface area contributed by atoms with Crippen molar-refractivity contribution >= 4 is 22.6 Å². The van der Waals surface area contributed by atoms with Crippen LogP contribution in [0, 0.1) is 18.2 Å². The molecular formula is C15H18ClFN2. The second-order valence-electron chi connectivity index (χ2n) is 6.00. The Balaban J connectivity index is 2.12. The molecule has 0 unspecified atom stereocenters. The molecule has 0 saturated heterocycles. The van der Waals surface area contributed by atoms with Crippen molar-refractivity contribution in [2.45, 2.75) is 45.5 Å². The van der Waals surface area contributed by atoms with Crippen LogP contribution >= 0.6 is 11.6 Å². The predicted octanol–water partition coefficient (Wildman–Crippen LogP) is 4.41. The van der Waals surface area contributed by atoms with Crippen molar-refractivity contribution in [2.24, 2.45) is 5.41 Å². The molecule has 4 heteroatoms. The summed E-state index contributed by atoms with van der Waals surface area (Å²) in [4.78, 5) is 4.47. The minimum atomic E-state index is -0.201. The molecule has 1 aliphatic rings. The Morgan fingerprint density at radius 1 is 1.42 bits per heavy atom. The van der Waals surface area contributed by atoms with Crippen molar-refractivity contribution in [3.63, 3.8) is 0 Å². The van der Waals surface area contributed by atoms with Gasteiger partial charge in [-0.3, -0.25) is 0 Å². The lowest BCUT2D eigenvalue weighted by Gasteiger charge is -2.39. The normalized spacial score (nSPS) is 17.7. The first-order valence-electron chi connectivity index (χ1n) is 6.74. The van der Waals surface area contributed by atoms with Crippen LogP contribution in [-0.4, -0.2) is 9.55 Å². The van der Waals surface area contributed by atoms with E-state index < -0.39 is 0 Å². The van der Waals surface area contributed by atoms with E-state index in [1.54, 1.807) is 6.92 Å². The third-order valence-corrected chi connectivity index (χ3v) is 4.57. The molecule has 0 spiro atoms. The summed E-state index contributed by atoms with van der Waals surface area (Å²) in [5.74, 6) is 1.01. The number of hydrogen-bond acceptors (Lipinski definition) is 1. The highest BCUT2D eigenvalue weighted by Crippen LogP contribution is 2.42. The summed E-state index contributed by atoms with van der Waals surface area (Å²) in [6, 6.07) is 3.40. The molecule has 1 aliphatic carbocycles. The lowest BCUT2D eigenvalue weighted by Crippen LogP contribution is -2.31. The summed E-state index contributed by atoms with van der Waals surface area (Å²) in [7, 11) is 0. The molecule has 1 heterocycles. The average molecular weight is 281 g/mol. The van der Waals surface area contributed by atoms with Crippen molar-refractivity contribution in [2.75, 3.05) is 0 Å². The molecule has 0 aliphatic heterocycles. The second-order valence-corrected chi connectivity index (χ2v) is 6.27. The quantitative estimate of drug-likeness (QED) is 0.762. The van der Waals surface area contributed by atoms with Gasteiger partial charge in [0.2, 0.25) is 0 Å². The molecule has 2 aromatic rings. The minimum Gasteiger partial charge on any atom is -0.326 e. The molecule has 3 rings (SSSR count). The minimum absolute atomic E-state index is 0.201. The number of fused-ring (bicyclic) bond motifs is 1. The number of aromatic nitrogens is 2. The predicted molar refractivity (Wildman–Crippen MR) is 75.9 cm³/mol. The smallest absolute Gasteiger partial charge is 0.128 e. The van der Waals surface area contributed by atoms with Crippen LogP contribution < -0.4 is 0 Å². The third-order valence-electron chi connectivity index (χ3n) is 4.33. The molecule has 0 atom stereocenters. The molecule has 2 nitrogen and oxygen atoms in total. The lowest BCUT2D eigenvalue weighted by atomic mass is 9.70. The Kier molecular flexibility index (Phi) is 3.05. The molecule has 0 N–H and O–H groups in total. The second kappa shape index (κ2) is 4.48. The van der Waals surface area contributed by atoms with E-state index in [9.17, 15) is 4.39 Å². The van der Waals surface area contributed by atoms with Crippen molar-refractivity contribution in [3.8, 4) is 0 Å². The number of rotatable bonds is 3. The van der Waals surface area contributed by atoms with Crippen LogP contribution in [0.3, 0.4) is 0 Å². The summed E-state index contributed by atoms with van der Waals surface area (Å²) in [6.07, 6.45) is 3.79. The first-order valence-corrected chi connectivity index (χ1v) is 7.27. The van der Waals surface area contributed by atoms with E-state index in [2.05, 4.69) is 16.5 Å². The average Bonchev–Trinajstić information content (AvgIpc) is 2.66. The van der Waals surface area contributed by atoms with Gasteiger partial charge in [-0.25, -0.2) is 9.37 Å². The van der Waals surface area contributed by atoms with Gasteiger partial charge in [-0.05, 0) is 36.8 Å². The Hall–Kier alpha value is -1.09. The number of aryl methyl sites for hydroxylation is 1. The Bertz CT molecular complexity index is 629. The molecular weight excluding hydrogens is 263 g/mol. The summed E-state index contributed by atoms with van der Waals surface area (Å²) in [6.45, 7) is 5.02. The zero-order chi connectivity index (χ0) is 13.6. The number of benzene rings is 1. The van der Waals surface area contributed by atoms with Gasteiger partial charge in [0.1, 0.15) is 11.6 Å². The van der Waals surface area contributed by atoms with E-state index in [0.29, 0.717) is 22.4 Å². The first-order chi connectivity index (χ1) is 9.02. The zero-order valence-corrected chi connectivity index (χ0v) is 12.1. The van der Waals surface area contributed by atoms with Gasteiger partial charge in [0.15, 0.2) is 0 Å². The van der Waals surface area contributed by atoms with Gasteiger partial charge in [-0.15, -0.1) is 11.6 Å². The molecule has 1 saturated carbocycles. The van der Waals surface area contributed by atoms with Crippen LogP contribution in [0.25, 0.3) is 11.0 Å². The summed E-state index contributed by atoms with van der Waals surface area (Å²) in [5.41, 5.74) is 2.72. The maximum atomic E-state index is 13.6. The topological polar surface area (TPSA) is 17.8 Å². The van der Waals surface area contributed by atoms with Crippen LogP contribution in [0.1, 0.15) is 37.6 Å². The zero-order valence-electron chi connectivity index (χ0n) is 11.3. The number of nitrogens with zero attached hydrogens (tertiary/aromatic N) is 2. The monoisotopic (exact) mass is 280 g/mol. The molecule has 0 radical (unpaired) electrons. The Morgan fingerprint density at radius 3 is 2.74 bits per heavy atom. The van der Waals surface area contributed by atoms with Gasteiger partial charge in [0, 0.05) is 12.6 Å². The molecule has 1 aromatic carbocycles. The van der Waals surface area contributed by atoms with Gasteiger partial charge in [0.05, 0.1) is 16.9 Å². The van der Waals surface area contributed by atoms with Gasteiger partial charge < -0.3 is 4.57 Å². The first kappa shape index (κ1) is 12.9. The number of hydrogen-bond donors (Lipinski definition) is 0. The van der Waals surface area contributed by atoms with Crippen molar-refractivity contribution in [3.05, 3.63) is 29.3 Å². The van der Waals surface area contributed by atoms with Gasteiger partial charge in [0.25, 0.3) is 0 Å².